The number of nitrogens with zero attached hydrogens (tertiary/aromatic N) is 2. The van der Waals surface area contributed by atoms with Gasteiger partial charge in [0.05, 0.1) is 19.0 Å². The molecule has 0 atom stereocenters. The zero-order valence-electron chi connectivity index (χ0n) is 17.1. The third-order valence-corrected chi connectivity index (χ3v) is 5.26. The molecule has 0 saturated carbocycles. The number of carbonyl (C=O) groups is 1. The molecule has 156 valence electrons. The summed E-state index contributed by atoms with van der Waals surface area (Å²) in [6.45, 7) is 4.38. The lowest BCUT2D eigenvalue weighted by molar-refractivity contribution is 0.0958. The zero-order valence-corrected chi connectivity index (χ0v) is 18.0. The molecule has 1 heterocycles. The van der Waals surface area contributed by atoms with E-state index >= 15 is 0 Å². The Kier molecular flexibility index (Phi) is 7.03. The van der Waals surface area contributed by atoms with E-state index in [0.717, 1.165) is 22.5 Å². The Morgan fingerprint density at radius 3 is 2.70 bits per heavy atom. The van der Waals surface area contributed by atoms with Crippen LogP contribution in [0.3, 0.4) is 0 Å². The summed E-state index contributed by atoms with van der Waals surface area (Å²) in [6, 6.07) is 13.6. The zero-order chi connectivity index (χ0) is 21.5. The molecule has 1 aromatic heterocycles. The number of methoxy groups -OCH3 is 1. The second kappa shape index (κ2) is 9.89. The molecule has 0 bridgehead atoms. The number of anilines is 1. The van der Waals surface area contributed by atoms with Crippen LogP contribution in [0.4, 0.5) is 5.13 Å². The molecule has 7 nitrogen and oxygen atoms in total. The van der Waals surface area contributed by atoms with Gasteiger partial charge in [-0.3, -0.25) is 4.79 Å². The second-order valence-corrected chi connectivity index (χ2v) is 7.60. The number of nitrogens with two attached hydrogens (primary N) is 1. The predicted octanol–water partition coefficient (Wildman–Crippen LogP) is 3.95. The van der Waals surface area contributed by atoms with Crippen molar-refractivity contribution in [2.45, 2.75) is 26.9 Å². The molecule has 0 unspecified atom stereocenters. The van der Waals surface area contributed by atoms with Crippen LogP contribution in [0.25, 0.3) is 0 Å². The van der Waals surface area contributed by atoms with E-state index in [9.17, 15) is 4.79 Å². The third kappa shape index (κ3) is 5.36. The summed E-state index contributed by atoms with van der Waals surface area (Å²) in [6.07, 6.45) is 2.17. The first-order chi connectivity index (χ1) is 14.5. The minimum atomic E-state index is -0.332. The van der Waals surface area contributed by atoms with Crippen molar-refractivity contribution in [1.82, 2.24) is 10.4 Å². The van der Waals surface area contributed by atoms with E-state index < -0.39 is 0 Å². The Balaban J connectivity index is 1.67. The van der Waals surface area contributed by atoms with Crippen molar-refractivity contribution >= 4 is 28.6 Å². The molecule has 0 spiro atoms. The normalized spacial score (nSPS) is 10.9. The number of nitrogen functional groups attached to an aromatic ring is 1. The number of carbonyl (C=O) groups excluding carboxylic acids is 1. The fourth-order valence-electron chi connectivity index (χ4n) is 2.74. The van der Waals surface area contributed by atoms with Crippen molar-refractivity contribution in [2.24, 2.45) is 5.10 Å². The summed E-state index contributed by atoms with van der Waals surface area (Å²) >= 11 is 1.15. The van der Waals surface area contributed by atoms with Crippen LogP contribution in [0, 0.1) is 6.92 Å². The highest BCUT2D eigenvalue weighted by atomic mass is 32.1. The van der Waals surface area contributed by atoms with E-state index in [-0.39, 0.29) is 5.91 Å². The van der Waals surface area contributed by atoms with Crippen LogP contribution in [-0.2, 0) is 13.0 Å². The van der Waals surface area contributed by atoms with Crippen molar-refractivity contribution < 1.29 is 14.3 Å². The van der Waals surface area contributed by atoms with E-state index in [0.29, 0.717) is 40.2 Å². The van der Waals surface area contributed by atoms with Crippen LogP contribution in [0.15, 0.2) is 47.6 Å². The molecule has 0 aliphatic rings. The molecule has 1 amide bonds. The number of benzene rings is 2. The van der Waals surface area contributed by atoms with Gasteiger partial charge in [-0.1, -0.05) is 48.1 Å². The Morgan fingerprint density at radius 1 is 1.23 bits per heavy atom. The number of amides is 1. The molecule has 0 saturated heterocycles. The molecule has 0 fully saturated rings. The summed E-state index contributed by atoms with van der Waals surface area (Å²) < 4.78 is 11.3. The number of hydrogen-bond donors (Lipinski definition) is 2. The number of hydrogen-bond acceptors (Lipinski definition) is 7. The van der Waals surface area contributed by atoms with Gasteiger partial charge in [0.1, 0.15) is 11.5 Å². The summed E-state index contributed by atoms with van der Waals surface area (Å²) in [4.78, 5) is 17.0. The van der Waals surface area contributed by atoms with Crippen LogP contribution in [0.1, 0.15) is 39.0 Å². The first-order valence-electron chi connectivity index (χ1n) is 9.45. The molecule has 2 aromatic carbocycles. The van der Waals surface area contributed by atoms with Crippen LogP contribution in [0.2, 0.25) is 0 Å². The first-order valence-corrected chi connectivity index (χ1v) is 10.3. The Hall–Kier alpha value is -3.39. The van der Waals surface area contributed by atoms with Crippen LogP contribution >= 0.6 is 11.3 Å². The van der Waals surface area contributed by atoms with Gasteiger partial charge in [0.25, 0.3) is 5.91 Å². The van der Waals surface area contributed by atoms with Gasteiger partial charge in [0.15, 0.2) is 16.6 Å². The second-order valence-electron chi connectivity index (χ2n) is 6.57. The number of aromatic nitrogens is 1. The number of aryl methyl sites for hydroxylation is 2. The molecule has 8 heteroatoms. The van der Waals surface area contributed by atoms with E-state index in [1.807, 2.05) is 50.2 Å². The molecular weight excluding hydrogens is 400 g/mol. The van der Waals surface area contributed by atoms with Gasteiger partial charge in [-0.25, -0.2) is 10.4 Å². The lowest BCUT2D eigenvalue weighted by Crippen LogP contribution is -2.17. The van der Waals surface area contributed by atoms with Gasteiger partial charge in [-0.2, -0.15) is 5.10 Å². The monoisotopic (exact) mass is 424 g/mol. The highest BCUT2D eigenvalue weighted by Gasteiger charge is 2.15. The van der Waals surface area contributed by atoms with Crippen LogP contribution in [0.5, 0.6) is 11.5 Å². The van der Waals surface area contributed by atoms with Gasteiger partial charge >= 0.3 is 0 Å². The number of thiazole rings is 1. The van der Waals surface area contributed by atoms with E-state index in [4.69, 9.17) is 15.2 Å². The standard InChI is InChI=1S/C22H24N4O3S/c1-4-17-20(30-22(23)25-17)21(27)26-24-12-16-9-10-18(28-3)19(11-16)29-13-15-7-5-14(2)6-8-15/h5-12H,4,13H2,1-3H3,(H2,23,25)(H,26,27)/b24-12-. The van der Waals surface area contributed by atoms with Gasteiger partial charge < -0.3 is 15.2 Å². The minimum Gasteiger partial charge on any atom is -0.493 e. The average Bonchev–Trinajstić information content (AvgIpc) is 3.14. The SMILES string of the molecule is CCc1nc(N)sc1C(=O)N/N=C\c1ccc(OC)c(OCc2ccc(C)cc2)c1. The summed E-state index contributed by atoms with van der Waals surface area (Å²) in [5.74, 6) is 0.884. The average molecular weight is 425 g/mol. The summed E-state index contributed by atoms with van der Waals surface area (Å²) in [7, 11) is 1.59. The highest BCUT2D eigenvalue weighted by molar-refractivity contribution is 7.17. The van der Waals surface area contributed by atoms with Crippen LogP contribution in [-0.4, -0.2) is 24.2 Å². The predicted molar refractivity (Wildman–Crippen MR) is 119 cm³/mol. The lowest BCUT2D eigenvalue weighted by Gasteiger charge is -2.11. The minimum absolute atomic E-state index is 0.332. The van der Waals surface area contributed by atoms with Crippen molar-refractivity contribution in [3.63, 3.8) is 0 Å². The smallest absolute Gasteiger partial charge is 0.283 e. The van der Waals surface area contributed by atoms with Gasteiger partial charge in [0.2, 0.25) is 0 Å². The molecule has 3 aromatic rings. The van der Waals surface area contributed by atoms with Crippen LogP contribution < -0.4 is 20.6 Å². The summed E-state index contributed by atoms with van der Waals surface area (Å²) in [5, 5.41) is 4.41. The van der Waals surface area contributed by atoms with E-state index in [2.05, 4.69) is 15.5 Å². The van der Waals surface area contributed by atoms with Gasteiger partial charge in [-0.05, 0) is 42.7 Å². The Labute approximate surface area is 179 Å². The Bertz CT molecular complexity index is 1050. The maximum atomic E-state index is 12.3. The molecule has 0 radical (unpaired) electrons. The maximum absolute atomic E-state index is 12.3. The Morgan fingerprint density at radius 2 is 2.00 bits per heavy atom. The number of ether oxygens (including phenoxy) is 2. The van der Waals surface area contributed by atoms with Gasteiger partial charge in [-0.15, -0.1) is 0 Å². The van der Waals surface area contributed by atoms with Gasteiger partial charge in [0, 0.05) is 0 Å². The lowest BCUT2D eigenvalue weighted by atomic mass is 10.1. The summed E-state index contributed by atoms with van der Waals surface area (Å²) in [5.41, 5.74) is 11.9. The van der Waals surface area contributed by atoms with Crippen molar-refractivity contribution in [1.29, 1.82) is 0 Å². The largest absolute Gasteiger partial charge is 0.493 e. The van der Waals surface area contributed by atoms with E-state index in [1.165, 1.54) is 5.56 Å². The quantitative estimate of drug-likeness (QED) is 0.421. The third-order valence-electron chi connectivity index (χ3n) is 4.34. The van der Waals surface area contributed by atoms with Crippen molar-refractivity contribution in [3.05, 3.63) is 69.7 Å². The molecule has 3 rings (SSSR count). The molecular formula is C22H24N4O3S. The maximum Gasteiger partial charge on any atom is 0.283 e. The van der Waals surface area contributed by atoms with E-state index in [1.54, 1.807) is 19.4 Å². The van der Waals surface area contributed by atoms with Crippen molar-refractivity contribution in [2.75, 3.05) is 12.8 Å². The van der Waals surface area contributed by atoms with Crippen molar-refractivity contribution in [3.8, 4) is 11.5 Å². The molecule has 0 aliphatic carbocycles. The fraction of sp³-hybridized carbons (Fsp3) is 0.227. The number of hydrazone groups is 1. The first kappa shape index (κ1) is 21.3. The molecule has 3 N–H and O–H groups in total. The topological polar surface area (TPSA) is 98.8 Å². The molecule has 30 heavy (non-hydrogen) atoms. The fourth-order valence-corrected chi connectivity index (χ4v) is 3.55. The number of nitrogens with one attached hydrogen (secondary N) is 1. The highest BCUT2D eigenvalue weighted by Crippen LogP contribution is 2.28. The molecule has 0 aliphatic heterocycles. The number of rotatable bonds is 8.